The standard InChI is InChI=1S/C20H27N3/c1-8-10-16(11-9-2)17-12-23-15(7)18(13(3)4)19(14(5)6)22-20(23)21-17/h8-14H,1,7H2,2-6H3,(H,21,22)/b11-9-,16-10+. The van der Waals surface area contributed by atoms with Crippen LogP contribution >= 0.6 is 0 Å². The molecule has 0 saturated carbocycles. The molecule has 0 radical (unpaired) electrons. The molecule has 1 aliphatic rings. The maximum absolute atomic E-state index is 4.75. The lowest BCUT2D eigenvalue weighted by Gasteiger charge is -2.29. The van der Waals surface area contributed by atoms with E-state index in [1.54, 1.807) is 6.08 Å². The quantitative estimate of drug-likeness (QED) is 0.729. The number of nitrogens with zero attached hydrogens (tertiary/aromatic N) is 2. The fraction of sp³-hybridized carbons (Fsp3) is 0.350. The molecule has 2 rings (SSSR count). The SMILES string of the molecule is C=C/C=C(\C=C/C)c1cn2c(n1)NC(C(C)C)=C(C(C)C)C2=C. The van der Waals surface area contributed by atoms with Gasteiger partial charge in [-0.25, -0.2) is 4.98 Å². The van der Waals surface area contributed by atoms with Crippen LogP contribution in [0.4, 0.5) is 5.95 Å². The van der Waals surface area contributed by atoms with Gasteiger partial charge in [0.1, 0.15) is 0 Å². The van der Waals surface area contributed by atoms with Crippen LogP contribution in [0.1, 0.15) is 40.3 Å². The third-order valence-electron chi connectivity index (χ3n) is 3.94. The fourth-order valence-electron chi connectivity index (χ4n) is 2.92. The van der Waals surface area contributed by atoms with Crippen molar-refractivity contribution in [3.05, 3.63) is 60.6 Å². The lowest BCUT2D eigenvalue weighted by atomic mass is 9.92. The summed E-state index contributed by atoms with van der Waals surface area (Å²) in [6, 6.07) is 0. The second kappa shape index (κ2) is 6.86. The molecule has 23 heavy (non-hydrogen) atoms. The van der Waals surface area contributed by atoms with Gasteiger partial charge in [-0.1, -0.05) is 65.2 Å². The van der Waals surface area contributed by atoms with E-state index < -0.39 is 0 Å². The average Bonchev–Trinajstić information content (AvgIpc) is 2.90. The second-order valence-corrected chi connectivity index (χ2v) is 6.39. The molecule has 0 aromatic carbocycles. The first kappa shape index (κ1) is 17.1. The van der Waals surface area contributed by atoms with Crippen LogP contribution in [0, 0.1) is 11.8 Å². The fourth-order valence-corrected chi connectivity index (χ4v) is 2.92. The lowest BCUT2D eigenvalue weighted by molar-refractivity contribution is 0.694. The van der Waals surface area contributed by atoms with Crippen LogP contribution in [-0.4, -0.2) is 9.55 Å². The van der Waals surface area contributed by atoms with E-state index in [2.05, 4.69) is 50.7 Å². The first-order valence-electron chi connectivity index (χ1n) is 8.16. The molecule has 3 nitrogen and oxygen atoms in total. The maximum atomic E-state index is 4.75. The highest BCUT2D eigenvalue weighted by molar-refractivity contribution is 5.78. The summed E-state index contributed by atoms with van der Waals surface area (Å²) >= 11 is 0. The Morgan fingerprint density at radius 3 is 2.48 bits per heavy atom. The molecule has 0 saturated heterocycles. The van der Waals surface area contributed by atoms with Gasteiger partial charge < -0.3 is 5.32 Å². The van der Waals surface area contributed by atoms with Crippen LogP contribution < -0.4 is 5.32 Å². The van der Waals surface area contributed by atoms with Crippen molar-refractivity contribution in [2.24, 2.45) is 11.8 Å². The number of rotatable bonds is 5. The van der Waals surface area contributed by atoms with Gasteiger partial charge in [0.25, 0.3) is 0 Å². The molecule has 0 amide bonds. The number of nitrogens with one attached hydrogen (secondary N) is 1. The summed E-state index contributed by atoms with van der Waals surface area (Å²) in [5.74, 6) is 1.64. The first-order valence-corrected chi connectivity index (χ1v) is 8.16. The van der Waals surface area contributed by atoms with E-state index in [1.807, 2.05) is 31.3 Å². The van der Waals surface area contributed by atoms with Gasteiger partial charge >= 0.3 is 0 Å². The van der Waals surface area contributed by atoms with E-state index in [1.165, 1.54) is 11.3 Å². The Kier molecular flexibility index (Phi) is 5.09. The van der Waals surface area contributed by atoms with Crippen LogP contribution in [0.3, 0.4) is 0 Å². The minimum Gasteiger partial charge on any atom is -0.328 e. The normalized spacial score (nSPS) is 15.6. The summed E-state index contributed by atoms with van der Waals surface area (Å²) in [6.07, 6.45) is 9.84. The zero-order valence-corrected chi connectivity index (χ0v) is 14.9. The van der Waals surface area contributed by atoms with E-state index in [0.29, 0.717) is 11.8 Å². The van der Waals surface area contributed by atoms with E-state index in [4.69, 9.17) is 4.98 Å². The summed E-state index contributed by atoms with van der Waals surface area (Å²) in [4.78, 5) is 4.75. The van der Waals surface area contributed by atoms with Gasteiger partial charge in [-0.3, -0.25) is 4.57 Å². The predicted molar refractivity (Wildman–Crippen MR) is 101 cm³/mol. The molecular formula is C20H27N3. The molecule has 0 aliphatic carbocycles. The summed E-state index contributed by atoms with van der Waals surface area (Å²) < 4.78 is 2.05. The van der Waals surface area contributed by atoms with Crippen LogP contribution in [0.15, 0.2) is 54.9 Å². The summed E-state index contributed by atoms with van der Waals surface area (Å²) in [7, 11) is 0. The number of anilines is 1. The molecule has 0 fully saturated rings. The Balaban J connectivity index is 2.53. The summed E-state index contributed by atoms with van der Waals surface area (Å²) in [6.45, 7) is 18.9. The highest BCUT2D eigenvalue weighted by Gasteiger charge is 2.26. The number of hydrogen-bond donors (Lipinski definition) is 1. The van der Waals surface area contributed by atoms with Crippen molar-refractivity contribution in [1.29, 1.82) is 0 Å². The van der Waals surface area contributed by atoms with E-state index in [0.717, 1.165) is 22.9 Å². The van der Waals surface area contributed by atoms with Crippen molar-refractivity contribution in [3.63, 3.8) is 0 Å². The van der Waals surface area contributed by atoms with Crippen molar-refractivity contribution >= 4 is 17.2 Å². The van der Waals surface area contributed by atoms with E-state index >= 15 is 0 Å². The number of fused-ring (bicyclic) bond motifs is 1. The van der Waals surface area contributed by atoms with E-state index in [9.17, 15) is 0 Å². The zero-order chi connectivity index (χ0) is 17.1. The lowest BCUT2D eigenvalue weighted by Crippen LogP contribution is -2.22. The van der Waals surface area contributed by atoms with E-state index in [-0.39, 0.29) is 0 Å². The number of imidazole rings is 1. The number of hydrogen-bond acceptors (Lipinski definition) is 2. The van der Waals surface area contributed by atoms with Crippen molar-refractivity contribution in [3.8, 4) is 0 Å². The van der Waals surface area contributed by atoms with Gasteiger partial charge in [-0.15, -0.1) is 0 Å². The van der Waals surface area contributed by atoms with Gasteiger partial charge in [-0.2, -0.15) is 0 Å². The molecular weight excluding hydrogens is 282 g/mol. The minimum atomic E-state index is 0.400. The molecule has 0 unspecified atom stereocenters. The third kappa shape index (κ3) is 3.24. The zero-order valence-electron chi connectivity index (χ0n) is 14.9. The van der Waals surface area contributed by atoms with Crippen LogP contribution in [0.2, 0.25) is 0 Å². The highest BCUT2D eigenvalue weighted by atomic mass is 15.2. The van der Waals surface area contributed by atoms with Crippen LogP contribution in [0.25, 0.3) is 11.3 Å². The van der Waals surface area contributed by atoms with Gasteiger partial charge in [0, 0.05) is 23.2 Å². The molecule has 2 heterocycles. The molecule has 1 aromatic heterocycles. The van der Waals surface area contributed by atoms with Crippen molar-refractivity contribution in [1.82, 2.24) is 9.55 Å². The van der Waals surface area contributed by atoms with Gasteiger partial charge in [0.15, 0.2) is 0 Å². The van der Waals surface area contributed by atoms with Crippen molar-refractivity contribution in [2.45, 2.75) is 34.6 Å². The van der Waals surface area contributed by atoms with Gasteiger partial charge in [0.05, 0.1) is 5.69 Å². The highest BCUT2D eigenvalue weighted by Crippen LogP contribution is 2.37. The Morgan fingerprint density at radius 1 is 1.26 bits per heavy atom. The Bertz CT molecular complexity index is 709. The molecule has 0 bridgehead atoms. The average molecular weight is 309 g/mol. The molecule has 0 spiro atoms. The van der Waals surface area contributed by atoms with Gasteiger partial charge in [0.2, 0.25) is 5.95 Å². The predicted octanol–water partition coefficient (Wildman–Crippen LogP) is 5.49. The molecule has 122 valence electrons. The second-order valence-electron chi connectivity index (χ2n) is 6.39. The smallest absolute Gasteiger partial charge is 0.212 e. The molecule has 1 N–H and O–H groups in total. The summed E-state index contributed by atoms with van der Waals surface area (Å²) in [5.41, 5.74) is 5.46. The first-order chi connectivity index (χ1) is 10.9. The Morgan fingerprint density at radius 2 is 1.96 bits per heavy atom. The largest absolute Gasteiger partial charge is 0.328 e. The third-order valence-corrected chi connectivity index (χ3v) is 3.94. The Labute approximate surface area is 139 Å². The molecule has 1 aromatic rings. The number of aromatic nitrogens is 2. The summed E-state index contributed by atoms with van der Waals surface area (Å²) in [5, 5.41) is 3.51. The molecule has 0 atom stereocenters. The van der Waals surface area contributed by atoms with Crippen molar-refractivity contribution < 1.29 is 0 Å². The van der Waals surface area contributed by atoms with Gasteiger partial charge in [-0.05, 0) is 24.3 Å². The molecule has 1 aliphatic heterocycles. The Hall–Kier alpha value is -2.29. The number of allylic oxidation sites excluding steroid dienone is 8. The topological polar surface area (TPSA) is 29.9 Å². The maximum Gasteiger partial charge on any atom is 0.212 e. The monoisotopic (exact) mass is 309 g/mol. The van der Waals surface area contributed by atoms with Crippen molar-refractivity contribution in [2.75, 3.05) is 5.32 Å². The minimum absolute atomic E-state index is 0.400. The van der Waals surface area contributed by atoms with Crippen LogP contribution in [-0.2, 0) is 0 Å². The van der Waals surface area contributed by atoms with Crippen LogP contribution in [0.5, 0.6) is 0 Å². The molecule has 3 heteroatoms.